The molecule has 11 aromatic carbocycles. The first-order chi connectivity index (χ1) is 40.5. The molecule has 394 valence electrons. The van der Waals surface area contributed by atoms with E-state index in [2.05, 4.69) is 299 Å². The van der Waals surface area contributed by atoms with Gasteiger partial charge >= 0.3 is 0 Å². The summed E-state index contributed by atoms with van der Waals surface area (Å²) in [5.74, 6) is 0.676. The van der Waals surface area contributed by atoms with E-state index >= 15 is 0 Å². The fourth-order valence-electron chi connectivity index (χ4n) is 14.1. The van der Waals surface area contributed by atoms with Gasteiger partial charge in [0.25, 0.3) is 6.71 Å². The second-order valence-corrected chi connectivity index (χ2v) is 24.9. The van der Waals surface area contributed by atoms with Gasteiger partial charge in [0, 0.05) is 60.6 Å². The third-order valence-corrected chi connectivity index (χ3v) is 17.7. The molecule has 0 bridgehead atoms. The maximum atomic E-state index is 5.63. The number of aromatic nitrogens is 4. The molecule has 0 saturated heterocycles. The lowest BCUT2D eigenvalue weighted by atomic mass is 9.34. The summed E-state index contributed by atoms with van der Waals surface area (Å²) in [5.41, 5.74) is 27.7. The Kier molecular flexibility index (Phi) is 10.8. The van der Waals surface area contributed by atoms with Crippen molar-refractivity contribution in [2.45, 2.75) is 52.4 Å². The summed E-state index contributed by atoms with van der Waals surface area (Å²) in [4.78, 5) is 11.3. The van der Waals surface area contributed by atoms with Crippen LogP contribution in [0.5, 0.6) is 0 Å². The van der Waals surface area contributed by atoms with Crippen LogP contribution in [0.3, 0.4) is 0 Å². The van der Waals surface area contributed by atoms with Gasteiger partial charge in [-0.3, -0.25) is 0 Å². The molecule has 5 heterocycles. The highest BCUT2D eigenvalue weighted by Gasteiger charge is 2.44. The highest BCUT2D eigenvalue weighted by molar-refractivity contribution is 7.00. The maximum absolute atomic E-state index is 5.63. The highest BCUT2D eigenvalue weighted by atomic mass is 15.0. The Morgan fingerprint density at radius 2 is 0.663 bits per heavy atom. The molecule has 83 heavy (non-hydrogen) atoms. The van der Waals surface area contributed by atoms with Crippen molar-refractivity contribution in [2.75, 3.05) is 0 Å². The van der Waals surface area contributed by atoms with Gasteiger partial charge in [0.2, 0.25) is 0 Å². The van der Waals surface area contributed by atoms with Crippen LogP contribution in [0.25, 0.3) is 133 Å². The number of fused-ring (bicyclic) bond motifs is 10. The zero-order valence-electron chi connectivity index (χ0n) is 47.5. The first kappa shape index (κ1) is 49.0. The van der Waals surface area contributed by atoms with Gasteiger partial charge in [-0.1, -0.05) is 248 Å². The van der Waals surface area contributed by atoms with Crippen LogP contribution < -0.4 is 16.4 Å². The summed E-state index contributed by atoms with van der Waals surface area (Å²) in [7, 11) is 0. The van der Waals surface area contributed by atoms with Gasteiger partial charge in [0.15, 0.2) is 5.82 Å². The Labute approximate surface area is 485 Å². The topological polar surface area (TPSA) is 35.6 Å². The number of hydrogen-bond donors (Lipinski definition) is 0. The van der Waals surface area contributed by atoms with Crippen LogP contribution in [0, 0.1) is 0 Å². The summed E-state index contributed by atoms with van der Waals surface area (Å²) in [6.07, 6.45) is 0. The van der Waals surface area contributed by atoms with Gasteiger partial charge in [-0.25, -0.2) is 9.97 Å². The summed E-state index contributed by atoms with van der Waals surface area (Å²) in [6.45, 7) is 14.2. The van der Waals surface area contributed by atoms with Crippen LogP contribution in [0.4, 0.5) is 0 Å². The first-order valence-electron chi connectivity index (χ1n) is 29.2. The van der Waals surface area contributed by atoms with Crippen molar-refractivity contribution in [1.29, 1.82) is 0 Å². The van der Waals surface area contributed by atoms with Crippen molar-refractivity contribution in [3.05, 3.63) is 260 Å². The number of hydrogen-bond acceptors (Lipinski definition) is 2. The molecule has 0 radical (unpaired) electrons. The summed E-state index contributed by atoms with van der Waals surface area (Å²) < 4.78 is 5.32. The van der Waals surface area contributed by atoms with Crippen molar-refractivity contribution in [1.82, 2.24) is 19.1 Å². The Morgan fingerprint density at radius 3 is 1.02 bits per heavy atom. The van der Waals surface area contributed by atoms with Crippen molar-refractivity contribution in [3.8, 4) is 89.8 Å². The van der Waals surface area contributed by atoms with Gasteiger partial charge in [0.1, 0.15) is 0 Å². The number of nitrogens with zero attached hydrogens (tertiary/aromatic N) is 4. The standard InChI is InChI=1S/C78H59BN4/c1-77(2,3)59-37-39-61-74-71(59)69-57(50-29-17-9-18-30-50)41-54(48-25-13-7-14-26-48)43-65(69)82(74)67-45-56(76-80-63(52-33-21-11-22-34-52)47-64(81-76)53-35-23-12-24-36-53)46-68-73(67)79(61)62-40-38-60(78(4,5)6)72-70-58(51-31-19-10-20-32-51)42-55(49-27-15-8-16-28-49)44-66(70)83(68)75(62)72/h7-47H,1-6H3. The Bertz CT molecular complexity index is 4630. The van der Waals surface area contributed by atoms with Crippen molar-refractivity contribution < 1.29 is 0 Å². The van der Waals surface area contributed by atoms with Crippen LogP contribution >= 0.6 is 0 Å². The van der Waals surface area contributed by atoms with Gasteiger partial charge in [-0.05, 0) is 125 Å². The molecule has 16 rings (SSSR count). The van der Waals surface area contributed by atoms with E-state index in [0.29, 0.717) is 5.82 Å². The zero-order valence-corrected chi connectivity index (χ0v) is 47.5. The predicted octanol–water partition coefficient (Wildman–Crippen LogP) is 18.1. The van der Waals surface area contributed by atoms with E-state index < -0.39 is 0 Å². The first-order valence-corrected chi connectivity index (χ1v) is 29.2. The minimum atomic E-state index is -0.193. The van der Waals surface area contributed by atoms with E-state index in [1.54, 1.807) is 0 Å². The smallest absolute Gasteiger partial charge is 0.252 e. The Balaban J connectivity index is 1.13. The van der Waals surface area contributed by atoms with Crippen LogP contribution in [-0.2, 0) is 10.8 Å². The molecule has 0 aliphatic carbocycles. The molecule has 3 aromatic heterocycles. The minimum absolute atomic E-state index is 0.116. The summed E-state index contributed by atoms with van der Waals surface area (Å²) in [6, 6.07) is 92.0. The van der Waals surface area contributed by atoms with Crippen molar-refractivity contribution >= 4 is 66.7 Å². The molecule has 0 unspecified atom stereocenters. The summed E-state index contributed by atoms with van der Waals surface area (Å²) >= 11 is 0. The van der Waals surface area contributed by atoms with Gasteiger partial charge in [-0.2, -0.15) is 0 Å². The fourth-order valence-corrected chi connectivity index (χ4v) is 14.1. The third-order valence-electron chi connectivity index (χ3n) is 17.7. The normalized spacial score (nSPS) is 12.7. The molecule has 4 nitrogen and oxygen atoms in total. The molecule has 0 fully saturated rings. The second-order valence-electron chi connectivity index (χ2n) is 24.9. The average molecular weight is 1060 g/mol. The second kappa shape index (κ2) is 18.3. The lowest BCUT2D eigenvalue weighted by molar-refractivity contribution is 0.596. The fraction of sp³-hybridized carbons (Fsp3) is 0.103. The van der Waals surface area contributed by atoms with Crippen molar-refractivity contribution in [3.63, 3.8) is 0 Å². The van der Waals surface area contributed by atoms with E-state index in [4.69, 9.17) is 9.97 Å². The van der Waals surface area contributed by atoms with Crippen LogP contribution in [0.15, 0.2) is 249 Å². The minimum Gasteiger partial charge on any atom is -0.310 e. The monoisotopic (exact) mass is 1060 g/mol. The highest BCUT2D eigenvalue weighted by Crippen LogP contribution is 2.50. The van der Waals surface area contributed by atoms with E-state index in [9.17, 15) is 0 Å². The summed E-state index contributed by atoms with van der Waals surface area (Å²) in [5, 5.41) is 5.15. The van der Waals surface area contributed by atoms with Crippen LogP contribution in [0.1, 0.15) is 52.7 Å². The molecular weight excluding hydrogens is 1000 g/mol. The number of rotatable bonds is 7. The van der Waals surface area contributed by atoms with E-state index in [1.165, 1.54) is 116 Å². The van der Waals surface area contributed by atoms with Gasteiger partial charge in [-0.15, -0.1) is 0 Å². The van der Waals surface area contributed by atoms with E-state index in [-0.39, 0.29) is 17.5 Å². The average Bonchev–Trinajstić information content (AvgIpc) is 2.03. The lowest BCUT2D eigenvalue weighted by Gasteiger charge is -2.35. The van der Waals surface area contributed by atoms with Crippen LogP contribution in [0.2, 0.25) is 0 Å². The Morgan fingerprint density at radius 1 is 0.313 bits per heavy atom. The van der Waals surface area contributed by atoms with E-state index in [0.717, 1.165) is 39.5 Å². The third kappa shape index (κ3) is 7.60. The quantitative estimate of drug-likeness (QED) is 0.149. The van der Waals surface area contributed by atoms with Crippen LogP contribution in [-0.4, -0.2) is 25.8 Å². The SMILES string of the molecule is CC(C)(C)c1ccc2c3c1c1c(-c4ccccc4)cc(-c4ccccc4)cc1n3-c1cc(-c3nc(-c4ccccc4)cc(-c4ccccc4)n3)cc3c1B2c1ccc(C(C)(C)C)c2c4c(-c5ccccc5)cc(-c5ccccc5)cc4n-3c12. The van der Waals surface area contributed by atoms with Crippen molar-refractivity contribution in [2.24, 2.45) is 0 Å². The molecule has 2 aliphatic rings. The van der Waals surface area contributed by atoms with Gasteiger partial charge in [0.05, 0.1) is 22.4 Å². The molecule has 0 N–H and O–H groups in total. The molecule has 0 saturated carbocycles. The number of benzene rings is 11. The maximum Gasteiger partial charge on any atom is 0.252 e. The Hall–Kier alpha value is -9.84. The molecule has 2 aliphatic heterocycles. The molecular formula is C78H59BN4. The van der Waals surface area contributed by atoms with Gasteiger partial charge < -0.3 is 9.13 Å². The largest absolute Gasteiger partial charge is 0.310 e. The molecule has 0 amide bonds. The molecule has 14 aromatic rings. The zero-order chi connectivity index (χ0) is 55.9. The van der Waals surface area contributed by atoms with E-state index in [1.807, 2.05) is 0 Å². The predicted molar refractivity (Wildman–Crippen MR) is 351 cm³/mol. The molecule has 0 spiro atoms. The molecule has 0 atom stereocenters. The lowest BCUT2D eigenvalue weighted by Crippen LogP contribution is -2.59. The molecule has 5 heteroatoms.